The Hall–Kier alpha value is -2.54. The monoisotopic (exact) mass is 448 g/mol. The molecule has 0 unspecified atom stereocenters. The number of hydrogen-bond donors (Lipinski definition) is 2. The summed E-state index contributed by atoms with van der Waals surface area (Å²) in [5.41, 5.74) is 0.903. The normalized spacial score (nSPS) is 10.4. The van der Waals surface area contributed by atoms with E-state index >= 15 is 0 Å². The predicted molar refractivity (Wildman–Crippen MR) is 117 cm³/mol. The summed E-state index contributed by atoms with van der Waals surface area (Å²) in [4.78, 5) is 25.2. The molecule has 2 N–H and O–H groups in total. The molecule has 3 aromatic rings. The number of hydrogen-bond acceptors (Lipinski definition) is 3. The van der Waals surface area contributed by atoms with Gasteiger partial charge in [-0.3, -0.25) is 9.59 Å². The van der Waals surface area contributed by atoms with E-state index in [9.17, 15) is 14.0 Å². The van der Waals surface area contributed by atoms with Crippen LogP contribution in [-0.4, -0.2) is 17.6 Å². The molecule has 0 aliphatic rings. The number of thioether (sulfide) groups is 1. The topological polar surface area (TPSA) is 58.2 Å². The molecule has 0 aliphatic heterocycles. The molecule has 29 heavy (non-hydrogen) atoms. The van der Waals surface area contributed by atoms with Gasteiger partial charge in [-0.1, -0.05) is 41.4 Å². The van der Waals surface area contributed by atoms with Crippen molar-refractivity contribution < 1.29 is 14.0 Å². The molecule has 0 saturated carbocycles. The average molecular weight is 449 g/mol. The molecule has 0 spiro atoms. The minimum Gasteiger partial charge on any atom is -0.324 e. The maximum atomic E-state index is 13.7. The second-order valence-corrected chi connectivity index (χ2v) is 7.82. The van der Waals surface area contributed by atoms with Crippen LogP contribution in [0.3, 0.4) is 0 Å². The Balaban J connectivity index is 1.60. The van der Waals surface area contributed by atoms with Crippen molar-refractivity contribution in [3.05, 3.63) is 88.2 Å². The van der Waals surface area contributed by atoms with Crippen LogP contribution < -0.4 is 10.6 Å². The van der Waals surface area contributed by atoms with Gasteiger partial charge in [-0.2, -0.15) is 0 Å². The van der Waals surface area contributed by atoms with Crippen molar-refractivity contribution in [1.82, 2.24) is 0 Å². The number of carbonyl (C=O) groups is 2. The van der Waals surface area contributed by atoms with Crippen LogP contribution in [0.25, 0.3) is 0 Å². The quantitative estimate of drug-likeness (QED) is 0.446. The Morgan fingerprint density at radius 1 is 0.931 bits per heavy atom. The molecule has 0 aromatic heterocycles. The molecule has 2 amide bonds. The van der Waals surface area contributed by atoms with E-state index in [2.05, 4.69) is 10.6 Å². The molecule has 8 heteroatoms. The van der Waals surface area contributed by atoms with Crippen LogP contribution >= 0.6 is 35.0 Å². The molecule has 0 aliphatic carbocycles. The first-order valence-corrected chi connectivity index (χ1v) is 10.2. The summed E-state index contributed by atoms with van der Waals surface area (Å²) >= 11 is 13.2. The van der Waals surface area contributed by atoms with Gasteiger partial charge < -0.3 is 10.6 Å². The Morgan fingerprint density at radius 3 is 2.52 bits per heavy atom. The number of anilines is 2. The highest BCUT2D eigenvalue weighted by atomic mass is 35.5. The molecule has 3 rings (SSSR count). The fourth-order valence-corrected chi connectivity index (χ4v) is 3.53. The standard InChI is InChI=1S/C21H15Cl2FN2O2S/c22-13-8-9-17(23)19(10-13)26-20(27)12-29-15-5-3-4-14(11-15)25-21(28)16-6-1-2-7-18(16)24/h1-11H,12H2,(H,25,28)(H,26,27). The number of rotatable bonds is 6. The summed E-state index contributed by atoms with van der Waals surface area (Å²) in [7, 11) is 0. The van der Waals surface area contributed by atoms with Gasteiger partial charge in [0.2, 0.25) is 5.91 Å². The van der Waals surface area contributed by atoms with Crippen molar-refractivity contribution in [2.24, 2.45) is 0 Å². The summed E-state index contributed by atoms with van der Waals surface area (Å²) in [6.07, 6.45) is 0. The number of nitrogens with one attached hydrogen (secondary N) is 2. The van der Waals surface area contributed by atoms with Gasteiger partial charge in [0.15, 0.2) is 0 Å². The van der Waals surface area contributed by atoms with Crippen LogP contribution in [0.5, 0.6) is 0 Å². The van der Waals surface area contributed by atoms with Gasteiger partial charge in [0.05, 0.1) is 22.0 Å². The van der Waals surface area contributed by atoms with Gasteiger partial charge in [0, 0.05) is 15.6 Å². The molecule has 0 bridgehead atoms. The average Bonchev–Trinajstić information content (AvgIpc) is 2.70. The van der Waals surface area contributed by atoms with Gasteiger partial charge >= 0.3 is 0 Å². The maximum absolute atomic E-state index is 13.7. The number of halogens is 3. The van der Waals surface area contributed by atoms with Crippen LogP contribution in [0.1, 0.15) is 10.4 Å². The number of amides is 2. The minimum absolute atomic E-state index is 0.0386. The Labute approximate surface area is 181 Å². The predicted octanol–water partition coefficient (Wildman–Crippen LogP) is 6.12. The smallest absolute Gasteiger partial charge is 0.258 e. The SMILES string of the molecule is O=C(CSc1cccc(NC(=O)c2ccccc2F)c1)Nc1cc(Cl)ccc1Cl. The fraction of sp³-hybridized carbons (Fsp3) is 0.0476. The summed E-state index contributed by atoms with van der Waals surface area (Å²) in [6.45, 7) is 0. The van der Waals surface area contributed by atoms with E-state index < -0.39 is 11.7 Å². The second kappa shape index (κ2) is 9.78. The van der Waals surface area contributed by atoms with Crippen LogP contribution in [0, 0.1) is 5.82 Å². The Bertz CT molecular complexity index is 1060. The molecular weight excluding hydrogens is 434 g/mol. The van der Waals surface area contributed by atoms with Crippen molar-refractivity contribution in [2.45, 2.75) is 4.90 Å². The highest BCUT2D eigenvalue weighted by molar-refractivity contribution is 8.00. The van der Waals surface area contributed by atoms with Crippen molar-refractivity contribution in [1.29, 1.82) is 0 Å². The van der Waals surface area contributed by atoms with E-state index in [1.165, 1.54) is 30.0 Å². The number of carbonyl (C=O) groups excluding carboxylic acids is 2. The lowest BCUT2D eigenvalue weighted by Crippen LogP contribution is -2.14. The Kier molecular flexibility index (Phi) is 7.14. The van der Waals surface area contributed by atoms with E-state index in [0.717, 1.165) is 4.90 Å². The third kappa shape index (κ3) is 5.97. The van der Waals surface area contributed by atoms with Crippen molar-refractivity contribution in [2.75, 3.05) is 16.4 Å². The first kappa shape index (κ1) is 21.2. The van der Waals surface area contributed by atoms with E-state index in [4.69, 9.17) is 23.2 Å². The summed E-state index contributed by atoms with van der Waals surface area (Å²) in [5, 5.41) is 6.23. The molecule has 0 atom stereocenters. The molecule has 0 fully saturated rings. The van der Waals surface area contributed by atoms with Gasteiger partial charge in [0.1, 0.15) is 5.82 Å². The molecule has 0 saturated heterocycles. The molecule has 0 radical (unpaired) electrons. The van der Waals surface area contributed by atoms with Crippen LogP contribution in [0.4, 0.5) is 15.8 Å². The van der Waals surface area contributed by atoms with Crippen LogP contribution in [0.15, 0.2) is 71.6 Å². The molecule has 3 aromatic carbocycles. The van der Waals surface area contributed by atoms with Gasteiger partial charge in [0.25, 0.3) is 5.91 Å². The van der Waals surface area contributed by atoms with E-state index in [1.54, 1.807) is 42.5 Å². The van der Waals surface area contributed by atoms with Crippen LogP contribution in [0.2, 0.25) is 10.0 Å². The van der Waals surface area contributed by atoms with Gasteiger partial charge in [-0.25, -0.2) is 4.39 Å². The largest absolute Gasteiger partial charge is 0.324 e. The highest BCUT2D eigenvalue weighted by Crippen LogP contribution is 2.27. The van der Waals surface area contributed by atoms with Gasteiger partial charge in [-0.05, 0) is 48.5 Å². The maximum Gasteiger partial charge on any atom is 0.258 e. The van der Waals surface area contributed by atoms with Crippen molar-refractivity contribution >= 4 is 58.2 Å². The first-order valence-electron chi connectivity index (χ1n) is 8.46. The molecular formula is C21H15Cl2FN2O2S. The van der Waals surface area contributed by atoms with Crippen LogP contribution in [-0.2, 0) is 4.79 Å². The third-order valence-electron chi connectivity index (χ3n) is 3.78. The van der Waals surface area contributed by atoms with E-state index in [0.29, 0.717) is 21.4 Å². The molecule has 148 valence electrons. The summed E-state index contributed by atoms with van der Waals surface area (Å²) < 4.78 is 13.7. The van der Waals surface area contributed by atoms with E-state index in [-0.39, 0.29) is 17.2 Å². The fourth-order valence-electron chi connectivity index (χ4n) is 2.44. The lowest BCUT2D eigenvalue weighted by molar-refractivity contribution is -0.113. The summed E-state index contributed by atoms with van der Waals surface area (Å²) in [5.74, 6) is -1.25. The van der Waals surface area contributed by atoms with E-state index in [1.807, 2.05) is 6.07 Å². The Morgan fingerprint density at radius 2 is 1.72 bits per heavy atom. The van der Waals surface area contributed by atoms with Gasteiger partial charge in [-0.15, -0.1) is 11.8 Å². The third-order valence-corrected chi connectivity index (χ3v) is 5.34. The lowest BCUT2D eigenvalue weighted by atomic mass is 10.2. The summed E-state index contributed by atoms with van der Waals surface area (Å²) in [6, 6.07) is 17.5. The highest BCUT2D eigenvalue weighted by Gasteiger charge is 2.12. The second-order valence-electron chi connectivity index (χ2n) is 5.92. The zero-order chi connectivity index (χ0) is 20.8. The lowest BCUT2D eigenvalue weighted by Gasteiger charge is -2.09. The number of benzene rings is 3. The zero-order valence-electron chi connectivity index (χ0n) is 14.9. The first-order chi connectivity index (χ1) is 13.9. The van der Waals surface area contributed by atoms with Crippen molar-refractivity contribution in [3.63, 3.8) is 0 Å². The minimum atomic E-state index is -0.591. The van der Waals surface area contributed by atoms with Crippen molar-refractivity contribution in [3.8, 4) is 0 Å². The zero-order valence-corrected chi connectivity index (χ0v) is 17.2. The molecule has 4 nitrogen and oxygen atoms in total. The molecule has 0 heterocycles.